The molecule has 0 aliphatic rings. The van der Waals surface area contributed by atoms with E-state index < -0.39 is 24.5 Å². The Hall–Kier alpha value is -2.46. The molecule has 0 saturated heterocycles. The van der Waals surface area contributed by atoms with Crippen molar-refractivity contribution in [2.24, 2.45) is 0 Å². The van der Waals surface area contributed by atoms with Crippen LogP contribution in [0.3, 0.4) is 0 Å². The molecule has 1 rings (SSSR count). The van der Waals surface area contributed by atoms with Gasteiger partial charge in [-0.15, -0.1) is 0 Å². The topological polar surface area (TPSA) is 123 Å². The lowest BCUT2D eigenvalue weighted by Gasteiger charge is -2.07. The van der Waals surface area contributed by atoms with Crippen LogP contribution >= 0.6 is 0 Å². The summed E-state index contributed by atoms with van der Waals surface area (Å²) in [4.78, 5) is 25.8. The molecule has 18 heavy (non-hydrogen) atoms. The summed E-state index contributed by atoms with van der Waals surface area (Å²) in [7, 11) is 0. The minimum Gasteiger partial charge on any atom is -0.479 e. The minimum absolute atomic E-state index is 0.0593. The molecule has 1 atom stereocenters. The molecular weight excluding hydrogens is 238 g/mol. The number of aliphatic carboxylic acids is 1. The van der Waals surface area contributed by atoms with Crippen LogP contribution in [0.2, 0.25) is 0 Å². The predicted octanol–water partition coefficient (Wildman–Crippen LogP) is -0.563. The molecule has 7 nitrogen and oxygen atoms in total. The lowest BCUT2D eigenvalue weighted by atomic mass is 10.2. The highest BCUT2D eigenvalue weighted by Gasteiger charge is 2.15. The molecule has 1 heterocycles. The first kappa shape index (κ1) is 13.6. The van der Waals surface area contributed by atoms with E-state index >= 15 is 0 Å². The molecule has 7 heteroatoms. The zero-order valence-electron chi connectivity index (χ0n) is 9.54. The van der Waals surface area contributed by atoms with Gasteiger partial charge in [0.05, 0.1) is 17.8 Å². The number of aryl methyl sites for hydroxylation is 1. The fourth-order valence-corrected chi connectivity index (χ4v) is 1.17. The summed E-state index contributed by atoms with van der Waals surface area (Å²) in [6.07, 6.45) is -1.66. The van der Waals surface area contributed by atoms with E-state index in [2.05, 4.69) is 10.3 Å². The number of hydrogen-bond acceptors (Lipinski definition) is 5. The number of aromatic nitrogens is 1. The van der Waals surface area contributed by atoms with Gasteiger partial charge >= 0.3 is 5.97 Å². The maximum atomic E-state index is 11.6. The van der Waals surface area contributed by atoms with Crippen molar-refractivity contribution in [1.82, 2.24) is 10.3 Å². The van der Waals surface area contributed by atoms with Crippen molar-refractivity contribution >= 4 is 11.9 Å². The Morgan fingerprint density at radius 1 is 1.56 bits per heavy atom. The highest BCUT2D eigenvalue weighted by molar-refractivity contribution is 5.92. The van der Waals surface area contributed by atoms with Gasteiger partial charge in [-0.2, -0.15) is 5.26 Å². The van der Waals surface area contributed by atoms with Gasteiger partial charge in [0.1, 0.15) is 11.8 Å². The van der Waals surface area contributed by atoms with Gasteiger partial charge in [0, 0.05) is 0 Å². The molecule has 0 aliphatic carbocycles. The number of carboxylic acids is 1. The Morgan fingerprint density at radius 3 is 2.72 bits per heavy atom. The largest absolute Gasteiger partial charge is 0.479 e. The first-order chi connectivity index (χ1) is 8.45. The van der Waals surface area contributed by atoms with Crippen LogP contribution < -0.4 is 5.32 Å². The first-order valence-electron chi connectivity index (χ1n) is 5.02. The second-order valence-electron chi connectivity index (χ2n) is 3.51. The van der Waals surface area contributed by atoms with Crippen molar-refractivity contribution in [2.75, 3.05) is 6.54 Å². The zero-order chi connectivity index (χ0) is 13.7. The molecule has 1 aromatic rings. The fourth-order valence-electron chi connectivity index (χ4n) is 1.17. The van der Waals surface area contributed by atoms with Gasteiger partial charge in [-0.25, -0.2) is 9.78 Å². The smallest absolute Gasteiger partial charge is 0.334 e. The number of amides is 1. The van der Waals surface area contributed by atoms with Gasteiger partial charge in [0.15, 0.2) is 6.10 Å². The molecule has 0 radical (unpaired) electrons. The summed E-state index contributed by atoms with van der Waals surface area (Å²) in [6, 6.07) is 4.72. The highest BCUT2D eigenvalue weighted by atomic mass is 16.4. The summed E-state index contributed by atoms with van der Waals surface area (Å²) in [5.41, 5.74) is 0.824. The molecule has 0 fully saturated rings. The Bertz CT molecular complexity index is 522. The molecule has 1 aromatic heterocycles. The SMILES string of the molecule is Cc1nc(C(=O)NCC(O)C(=O)O)ccc1C#N. The standard InChI is InChI=1S/C11H11N3O4/c1-6-7(4-12)2-3-8(14-6)10(16)13-5-9(15)11(17)18/h2-3,9,15H,5H2,1H3,(H,13,16)(H,17,18). The maximum absolute atomic E-state index is 11.6. The Kier molecular flexibility index (Phi) is 4.34. The maximum Gasteiger partial charge on any atom is 0.334 e. The van der Waals surface area contributed by atoms with E-state index in [1.165, 1.54) is 12.1 Å². The van der Waals surface area contributed by atoms with Crippen LogP contribution in [0.25, 0.3) is 0 Å². The molecule has 1 unspecified atom stereocenters. The van der Waals surface area contributed by atoms with Crippen molar-refractivity contribution in [3.8, 4) is 6.07 Å². The summed E-state index contributed by atoms with van der Waals surface area (Å²) in [5, 5.41) is 28.3. The van der Waals surface area contributed by atoms with Gasteiger partial charge in [-0.1, -0.05) is 0 Å². The summed E-state index contributed by atoms with van der Waals surface area (Å²) in [5.74, 6) is -2.03. The van der Waals surface area contributed by atoms with E-state index in [1.807, 2.05) is 6.07 Å². The highest BCUT2D eigenvalue weighted by Crippen LogP contribution is 2.05. The van der Waals surface area contributed by atoms with E-state index in [1.54, 1.807) is 6.92 Å². The third-order valence-corrected chi connectivity index (χ3v) is 2.18. The van der Waals surface area contributed by atoms with Crippen molar-refractivity contribution in [3.63, 3.8) is 0 Å². The van der Waals surface area contributed by atoms with Crippen LogP contribution in [0.1, 0.15) is 21.7 Å². The zero-order valence-corrected chi connectivity index (χ0v) is 9.54. The quantitative estimate of drug-likeness (QED) is 0.657. The number of carbonyl (C=O) groups is 2. The molecule has 0 saturated carbocycles. The average Bonchev–Trinajstić information content (AvgIpc) is 2.35. The fraction of sp³-hybridized carbons (Fsp3) is 0.273. The van der Waals surface area contributed by atoms with Gasteiger partial charge < -0.3 is 15.5 Å². The molecule has 1 amide bonds. The van der Waals surface area contributed by atoms with E-state index in [0.717, 1.165) is 0 Å². The number of carbonyl (C=O) groups excluding carboxylic acids is 1. The number of nitriles is 1. The number of nitrogens with zero attached hydrogens (tertiary/aromatic N) is 2. The number of carboxylic acid groups (broad SMARTS) is 1. The van der Waals surface area contributed by atoms with Crippen LogP contribution in [0, 0.1) is 18.3 Å². The summed E-state index contributed by atoms with van der Waals surface area (Å²) in [6.45, 7) is 1.18. The first-order valence-corrected chi connectivity index (χ1v) is 5.02. The lowest BCUT2D eigenvalue weighted by molar-refractivity contribution is -0.146. The van der Waals surface area contributed by atoms with Crippen molar-refractivity contribution < 1.29 is 19.8 Å². The molecule has 3 N–H and O–H groups in total. The summed E-state index contributed by atoms with van der Waals surface area (Å²) < 4.78 is 0. The predicted molar refractivity (Wildman–Crippen MR) is 59.7 cm³/mol. The number of nitrogens with one attached hydrogen (secondary N) is 1. The average molecular weight is 249 g/mol. The van der Waals surface area contributed by atoms with Crippen molar-refractivity contribution in [3.05, 3.63) is 29.1 Å². The summed E-state index contributed by atoms with van der Waals surface area (Å²) >= 11 is 0. The molecule has 94 valence electrons. The molecule has 0 aromatic carbocycles. The van der Waals surface area contributed by atoms with Crippen molar-refractivity contribution in [2.45, 2.75) is 13.0 Å². The lowest BCUT2D eigenvalue weighted by Crippen LogP contribution is -2.36. The van der Waals surface area contributed by atoms with Crippen LogP contribution in [-0.2, 0) is 4.79 Å². The van der Waals surface area contributed by atoms with Gasteiger partial charge in [0.2, 0.25) is 0 Å². The monoisotopic (exact) mass is 249 g/mol. The van der Waals surface area contributed by atoms with E-state index in [-0.39, 0.29) is 5.69 Å². The number of pyridine rings is 1. The van der Waals surface area contributed by atoms with Crippen LogP contribution in [0.15, 0.2) is 12.1 Å². The second-order valence-corrected chi connectivity index (χ2v) is 3.51. The van der Waals surface area contributed by atoms with Crippen molar-refractivity contribution in [1.29, 1.82) is 5.26 Å². The van der Waals surface area contributed by atoms with Gasteiger partial charge in [-0.3, -0.25) is 4.79 Å². The van der Waals surface area contributed by atoms with Gasteiger partial charge in [-0.05, 0) is 19.1 Å². The number of aliphatic hydroxyl groups excluding tert-OH is 1. The third-order valence-electron chi connectivity index (χ3n) is 2.18. The van der Waals surface area contributed by atoms with E-state index in [9.17, 15) is 9.59 Å². The number of hydrogen-bond donors (Lipinski definition) is 3. The third kappa shape index (κ3) is 3.26. The Morgan fingerprint density at radius 2 is 2.22 bits per heavy atom. The van der Waals surface area contributed by atoms with E-state index in [0.29, 0.717) is 11.3 Å². The van der Waals surface area contributed by atoms with E-state index in [4.69, 9.17) is 15.5 Å². The molecular formula is C11H11N3O4. The van der Waals surface area contributed by atoms with Crippen LogP contribution in [0.4, 0.5) is 0 Å². The molecule has 0 bridgehead atoms. The number of aliphatic hydroxyl groups is 1. The normalized spacial score (nSPS) is 11.4. The molecule has 0 aliphatic heterocycles. The van der Waals surface area contributed by atoms with Crippen LogP contribution in [0.5, 0.6) is 0 Å². The Labute approximate surface area is 103 Å². The van der Waals surface area contributed by atoms with Gasteiger partial charge in [0.25, 0.3) is 5.91 Å². The number of rotatable bonds is 4. The second kappa shape index (κ2) is 5.75. The Balaban J connectivity index is 2.71. The minimum atomic E-state index is -1.66. The molecule has 0 spiro atoms. The van der Waals surface area contributed by atoms with Crippen LogP contribution in [-0.4, -0.2) is 39.7 Å².